The van der Waals surface area contributed by atoms with Gasteiger partial charge in [-0.3, -0.25) is 19.2 Å². The highest BCUT2D eigenvalue weighted by atomic mass is 16.7. The van der Waals surface area contributed by atoms with Gasteiger partial charge >= 0.3 is 23.9 Å². The van der Waals surface area contributed by atoms with Crippen LogP contribution in [0, 0.1) is 57.7 Å². The van der Waals surface area contributed by atoms with Crippen LogP contribution in [0.2, 0.25) is 0 Å². The zero-order valence-corrected chi connectivity index (χ0v) is 28.7. The largest absolute Gasteiger partial charge is 0.459 e. The van der Waals surface area contributed by atoms with E-state index < -0.39 is 148 Å². The summed E-state index contributed by atoms with van der Waals surface area (Å²) in [4.78, 5) is 66.1. The zero-order chi connectivity index (χ0) is 36.3. The van der Waals surface area contributed by atoms with Gasteiger partial charge in [-0.15, -0.1) is 0 Å². The lowest BCUT2D eigenvalue weighted by Gasteiger charge is -2.65. The molecule has 20 atom stereocenters. The van der Waals surface area contributed by atoms with Crippen molar-refractivity contribution in [2.45, 2.75) is 122 Å². The summed E-state index contributed by atoms with van der Waals surface area (Å²) in [6.07, 6.45) is -9.91. The minimum absolute atomic E-state index is 0.176. The van der Waals surface area contributed by atoms with E-state index in [4.69, 9.17) is 23.7 Å². The quantitative estimate of drug-likeness (QED) is 0.135. The fourth-order valence-corrected chi connectivity index (χ4v) is 12.5. The first kappa shape index (κ1) is 34.7. The molecule has 2 saturated heterocycles. The molecule has 0 bridgehead atoms. The number of esters is 4. The first-order valence-electron chi connectivity index (χ1n) is 17.0. The van der Waals surface area contributed by atoms with Crippen LogP contribution < -0.4 is 0 Å². The molecule has 5 saturated carbocycles. The number of aliphatic hydroxyl groups is 5. The van der Waals surface area contributed by atoms with Crippen molar-refractivity contribution in [3.8, 4) is 0 Å². The van der Waals surface area contributed by atoms with Gasteiger partial charge in [0.05, 0.1) is 17.6 Å². The Morgan fingerprint density at radius 2 is 1.37 bits per heavy atom. The van der Waals surface area contributed by atoms with Crippen LogP contribution in [0.25, 0.3) is 0 Å². The van der Waals surface area contributed by atoms with E-state index in [1.807, 2.05) is 0 Å². The predicted octanol–water partition coefficient (Wildman–Crippen LogP) is -0.993. The third kappa shape index (κ3) is 3.86. The van der Waals surface area contributed by atoms with Gasteiger partial charge in [0, 0.05) is 61.2 Å². The van der Waals surface area contributed by atoms with E-state index >= 15 is 0 Å². The van der Waals surface area contributed by atoms with Gasteiger partial charge in [0.2, 0.25) is 5.79 Å². The van der Waals surface area contributed by atoms with Crippen LogP contribution in [0.5, 0.6) is 0 Å². The molecule has 7 fully saturated rings. The number of fused-ring (bicyclic) bond motifs is 10. The summed E-state index contributed by atoms with van der Waals surface area (Å²) < 4.78 is 29.3. The average Bonchev–Trinajstić information content (AvgIpc) is 3.69. The number of hydrogen-bond acceptors (Lipinski definition) is 15. The Morgan fingerprint density at radius 1 is 0.796 bits per heavy atom. The van der Waals surface area contributed by atoms with E-state index in [9.17, 15) is 49.5 Å². The molecule has 49 heavy (non-hydrogen) atoms. The number of rotatable bonds is 3. The third-order valence-electron chi connectivity index (χ3n) is 14.5. The topological polar surface area (TPSA) is 236 Å². The van der Waals surface area contributed by atoms with Crippen molar-refractivity contribution in [2.75, 3.05) is 0 Å². The Kier molecular flexibility index (Phi) is 7.25. The van der Waals surface area contributed by atoms with Crippen molar-refractivity contribution in [1.29, 1.82) is 0 Å². The van der Waals surface area contributed by atoms with Crippen molar-refractivity contribution in [2.24, 2.45) is 57.7 Å². The number of ether oxygens (including phenoxy) is 5. The van der Waals surface area contributed by atoms with Gasteiger partial charge in [0.1, 0.15) is 36.6 Å². The molecule has 0 radical (unpaired) electrons. The maximum Gasteiger partial charge on any atom is 0.341 e. The summed E-state index contributed by atoms with van der Waals surface area (Å²) in [6, 6.07) is 0. The highest BCUT2D eigenvalue weighted by molar-refractivity contribution is 5.88. The highest BCUT2D eigenvalue weighted by Crippen LogP contribution is 2.77. The Morgan fingerprint density at radius 3 is 1.94 bits per heavy atom. The van der Waals surface area contributed by atoms with E-state index in [1.165, 1.54) is 13.8 Å². The lowest BCUT2D eigenvalue weighted by Crippen LogP contribution is -2.75. The molecule has 0 aromatic carbocycles. The van der Waals surface area contributed by atoms with Gasteiger partial charge in [-0.25, -0.2) is 4.79 Å². The summed E-state index contributed by atoms with van der Waals surface area (Å²) >= 11 is 0. The second kappa shape index (κ2) is 10.2. The Bertz CT molecular complexity index is 1530. The molecule has 0 unspecified atom stereocenters. The molecular weight excluding hydrogens is 648 g/mol. The van der Waals surface area contributed by atoms with Crippen LogP contribution in [0.1, 0.15) is 61.8 Å². The summed E-state index contributed by atoms with van der Waals surface area (Å²) in [5, 5.41) is 60.3. The number of Topliss-reactive ketones (excluding diaryl/α,β-unsaturated/α-hetero) is 1. The summed E-state index contributed by atoms with van der Waals surface area (Å²) in [5.41, 5.74) is -7.47. The number of carbonyl (C=O) groups is 5. The minimum atomic E-state index is -2.68. The van der Waals surface area contributed by atoms with Crippen molar-refractivity contribution in [1.82, 2.24) is 0 Å². The van der Waals surface area contributed by atoms with E-state index in [0.29, 0.717) is 0 Å². The number of epoxide rings is 1. The monoisotopic (exact) mass is 694 g/mol. The zero-order valence-electron chi connectivity index (χ0n) is 28.7. The van der Waals surface area contributed by atoms with Crippen molar-refractivity contribution in [3.05, 3.63) is 0 Å². The van der Waals surface area contributed by atoms with Gasteiger partial charge in [0.15, 0.2) is 11.4 Å². The molecule has 0 amide bonds. The van der Waals surface area contributed by atoms with Gasteiger partial charge in [-0.05, 0) is 32.1 Å². The number of carbonyl (C=O) groups excluding carboxylic acids is 5. The molecule has 0 spiro atoms. The first-order chi connectivity index (χ1) is 22.5. The molecule has 0 aromatic heterocycles. The number of ketones is 1. The normalized spacial score (nSPS) is 58.0. The molecule has 7 aliphatic rings. The predicted molar refractivity (Wildman–Crippen MR) is 159 cm³/mol. The fourth-order valence-electron chi connectivity index (χ4n) is 12.5. The van der Waals surface area contributed by atoms with Crippen molar-refractivity contribution >= 4 is 29.7 Å². The van der Waals surface area contributed by atoms with Crippen LogP contribution >= 0.6 is 0 Å². The second-order valence-corrected chi connectivity index (χ2v) is 16.5. The number of hydrogen-bond donors (Lipinski definition) is 5. The van der Waals surface area contributed by atoms with Crippen LogP contribution in [0.4, 0.5) is 0 Å². The van der Waals surface area contributed by atoms with Crippen LogP contribution in [-0.2, 0) is 47.7 Å². The molecular formula is C34H46O15. The molecule has 5 N–H and O–H groups in total. The summed E-state index contributed by atoms with van der Waals surface area (Å²) in [7, 11) is 0. The maximum absolute atomic E-state index is 14.4. The molecule has 2 aliphatic heterocycles. The second-order valence-electron chi connectivity index (χ2n) is 16.5. The fraction of sp³-hybridized carbons (Fsp3) is 0.853. The molecule has 272 valence electrons. The smallest absolute Gasteiger partial charge is 0.341 e. The minimum Gasteiger partial charge on any atom is -0.459 e. The van der Waals surface area contributed by atoms with Crippen molar-refractivity contribution in [3.63, 3.8) is 0 Å². The molecule has 15 nitrogen and oxygen atoms in total. The lowest BCUT2D eigenvalue weighted by molar-refractivity contribution is -0.340. The summed E-state index contributed by atoms with van der Waals surface area (Å²) in [5.74, 6) is -14.5. The van der Waals surface area contributed by atoms with Crippen molar-refractivity contribution < 1.29 is 73.2 Å². The molecule has 5 aliphatic carbocycles. The Balaban J connectivity index is 1.51. The van der Waals surface area contributed by atoms with Crippen LogP contribution in [0.3, 0.4) is 0 Å². The van der Waals surface area contributed by atoms with E-state index in [-0.39, 0.29) is 6.42 Å². The highest BCUT2D eigenvalue weighted by Gasteiger charge is 2.87. The molecule has 15 heteroatoms. The van der Waals surface area contributed by atoms with E-state index in [0.717, 1.165) is 20.8 Å². The Hall–Kier alpha value is -2.69. The van der Waals surface area contributed by atoms with Gasteiger partial charge in [0.25, 0.3) is 0 Å². The Labute approximate surface area is 282 Å². The first-order valence-corrected chi connectivity index (χ1v) is 17.0. The van der Waals surface area contributed by atoms with E-state index in [2.05, 4.69) is 0 Å². The molecule has 2 heterocycles. The summed E-state index contributed by atoms with van der Waals surface area (Å²) in [6.45, 7) is 10.9. The molecule has 7 rings (SSSR count). The average molecular weight is 695 g/mol. The van der Waals surface area contributed by atoms with Gasteiger partial charge in [-0.1, -0.05) is 20.8 Å². The lowest BCUT2D eigenvalue weighted by atomic mass is 9.40. The third-order valence-corrected chi connectivity index (χ3v) is 14.5. The van der Waals surface area contributed by atoms with E-state index in [1.54, 1.807) is 20.8 Å². The number of aliphatic hydroxyl groups excluding tert-OH is 3. The molecule has 0 aromatic rings. The van der Waals surface area contributed by atoms with Gasteiger partial charge < -0.3 is 49.2 Å². The maximum atomic E-state index is 14.4. The van der Waals surface area contributed by atoms with Crippen LogP contribution in [-0.4, -0.2) is 115 Å². The van der Waals surface area contributed by atoms with Gasteiger partial charge in [-0.2, -0.15) is 0 Å². The SMILES string of the molecule is CC(=O)O[C@H]1[C@H]2[C@H]([C@@H]3[C@@H](O)[C@@H]4[C@H]([C@H](C)[C@H](O)[C@]5(O)OC(=O)[C@@](C)(O)[C@]45C)[C@@]3(C)[C@H]1OC(C)=O)[C@@H](O)C(=O)[C@H]1C[C@@H]3O[C@@H]3[C@H](OC(C)=O)[C@]21C. The van der Waals surface area contributed by atoms with Crippen LogP contribution in [0.15, 0.2) is 0 Å². The standard InChI is InChI=1S/C34H46O15/c1-10-17-20(32(7)33(8,43)29(42)49-34(32,44)26(10)41)23(40)18-16-19(25(45-11(2)35)28(31(17,18)6)47-13(4)37)30(5)14(21(38)22(16)39)9-15-24(48-15)27(30)46-12(3)36/h10,14-20,22-28,39-41,43-44H,9H2,1-8H3/t10-,14+,15-,16-,17-,18+,19+,20-,22+,23+,24-,25-,26-,27-,28-,30-,31+,32-,33+,34-/m0/s1.